The van der Waals surface area contributed by atoms with E-state index in [9.17, 15) is 8.42 Å². The summed E-state index contributed by atoms with van der Waals surface area (Å²) >= 11 is 5.06. The van der Waals surface area contributed by atoms with E-state index >= 15 is 0 Å². The predicted octanol–water partition coefficient (Wildman–Crippen LogP) is 2.42. The van der Waals surface area contributed by atoms with Gasteiger partial charge >= 0.3 is 0 Å². The molecule has 0 bridgehead atoms. The summed E-state index contributed by atoms with van der Waals surface area (Å²) in [5.74, 6) is 1.50. The lowest BCUT2D eigenvalue weighted by Crippen LogP contribution is -2.40. The lowest BCUT2D eigenvalue weighted by atomic mass is 10.4. The first-order chi connectivity index (χ1) is 9.96. The van der Waals surface area contributed by atoms with Crippen LogP contribution in [0.2, 0.25) is 0 Å². The first kappa shape index (κ1) is 15.9. The highest BCUT2D eigenvalue weighted by atomic mass is 79.9. The standard InChI is InChI=1S/C13H19BrN2O3S2/c1-9-8-16(4-5-20-9)21(17,18)12-6-11(19-13(12)14)7-15-10-2-3-10/h6,9-10,15H,2-5,7-8H2,1H3. The van der Waals surface area contributed by atoms with Crippen molar-refractivity contribution in [3.63, 3.8) is 0 Å². The van der Waals surface area contributed by atoms with Gasteiger partial charge in [0, 0.05) is 36.2 Å². The second kappa shape index (κ2) is 6.23. The van der Waals surface area contributed by atoms with E-state index in [2.05, 4.69) is 28.2 Å². The zero-order chi connectivity index (χ0) is 15.0. The molecule has 2 heterocycles. The van der Waals surface area contributed by atoms with Crippen LogP contribution in [-0.4, -0.2) is 42.9 Å². The molecule has 0 amide bonds. The summed E-state index contributed by atoms with van der Waals surface area (Å²) in [6.07, 6.45) is 2.38. The van der Waals surface area contributed by atoms with E-state index in [0.717, 1.165) is 5.75 Å². The van der Waals surface area contributed by atoms with Crippen molar-refractivity contribution in [2.45, 2.75) is 42.5 Å². The van der Waals surface area contributed by atoms with Crippen molar-refractivity contribution in [3.05, 3.63) is 16.5 Å². The van der Waals surface area contributed by atoms with Crippen molar-refractivity contribution in [1.29, 1.82) is 0 Å². The van der Waals surface area contributed by atoms with Crippen LogP contribution in [0.1, 0.15) is 25.5 Å². The van der Waals surface area contributed by atoms with Crippen LogP contribution in [0.4, 0.5) is 0 Å². The SMILES string of the molecule is CC1CN(S(=O)(=O)c2cc(CNC3CC3)oc2Br)CCS1. The molecule has 5 nitrogen and oxygen atoms in total. The fraction of sp³-hybridized carbons (Fsp3) is 0.692. The molecule has 2 fully saturated rings. The molecule has 1 aromatic rings. The number of sulfonamides is 1. The Balaban J connectivity index is 1.77. The molecule has 1 N–H and O–H groups in total. The summed E-state index contributed by atoms with van der Waals surface area (Å²) in [5.41, 5.74) is 0. The van der Waals surface area contributed by atoms with Gasteiger partial charge in [-0.25, -0.2) is 8.42 Å². The second-order valence-corrected chi connectivity index (χ2v) is 9.72. The van der Waals surface area contributed by atoms with E-state index in [-0.39, 0.29) is 4.90 Å². The monoisotopic (exact) mass is 394 g/mol. The Kier molecular flexibility index (Phi) is 4.71. The quantitative estimate of drug-likeness (QED) is 0.830. The van der Waals surface area contributed by atoms with Crippen LogP contribution in [0.15, 0.2) is 20.0 Å². The molecule has 118 valence electrons. The summed E-state index contributed by atoms with van der Waals surface area (Å²) < 4.78 is 32.9. The molecular weight excluding hydrogens is 376 g/mol. The predicted molar refractivity (Wildman–Crippen MR) is 86.9 cm³/mol. The maximum Gasteiger partial charge on any atom is 0.247 e. The summed E-state index contributed by atoms with van der Waals surface area (Å²) in [7, 11) is -3.48. The third-order valence-corrected chi connectivity index (χ3v) is 7.53. The maximum atomic E-state index is 12.7. The van der Waals surface area contributed by atoms with Gasteiger partial charge in [-0.15, -0.1) is 0 Å². The Morgan fingerprint density at radius 2 is 2.29 bits per heavy atom. The molecule has 1 saturated carbocycles. The van der Waals surface area contributed by atoms with E-state index < -0.39 is 10.0 Å². The van der Waals surface area contributed by atoms with Gasteiger partial charge in [-0.2, -0.15) is 16.1 Å². The van der Waals surface area contributed by atoms with Gasteiger partial charge in [0.15, 0.2) is 4.67 Å². The first-order valence-electron chi connectivity index (χ1n) is 7.10. The molecule has 1 unspecified atom stereocenters. The number of hydrogen-bond donors (Lipinski definition) is 1. The van der Waals surface area contributed by atoms with Gasteiger partial charge in [-0.3, -0.25) is 0 Å². The second-order valence-electron chi connectivity index (χ2n) is 5.55. The van der Waals surface area contributed by atoms with Gasteiger partial charge in [0.2, 0.25) is 10.0 Å². The van der Waals surface area contributed by atoms with Crippen LogP contribution in [0.5, 0.6) is 0 Å². The van der Waals surface area contributed by atoms with Crippen molar-refractivity contribution < 1.29 is 12.8 Å². The van der Waals surface area contributed by atoms with Crippen LogP contribution < -0.4 is 5.32 Å². The number of thioether (sulfide) groups is 1. The highest BCUT2D eigenvalue weighted by Gasteiger charge is 2.32. The average Bonchev–Trinajstić information content (AvgIpc) is 3.19. The summed E-state index contributed by atoms with van der Waals surface area (Å²) in [5, 5.41) is 3.65. The van der Waals surface area contributed by atoms with Crippen molar-refractivity contribution in [2.75, 3.05) is 18.8 Å². The average molecular weight is 395 g/mol. The first-order valence-corrected chi connectivity index (χ1v) is 10.4. The molecule has 1 saturated heterocycles. The molecule has 0 radical (unpaired) electrons. The molecule has 8 heteroatoms. The summed E-state index contributed by atoms with van der Waals surface area (Å²) in [4.78, 5) is 0.245. The van der Waals surface area contributed by atoms with Gasteiger partial charge in [0.05, 0.1) is 6.54 Å². The van der Waals surface area contributed by atoms with E-state index in [4.69, 9.17) is 4.42 Å². The molecule has 0 spiro atoms. The normalized spacial score (nSPS) is 24.4. The molecule has 1 aliphatic heterocycles. The van der Waals surface area contributed by atoms with Crippen LogP contribution >= 0.6 is 27.7 Å². The number of hydrogen-bond acceptors (Lipinski definition) is 5. The Hall–Kier alpha value is -0.0200. The Morgan fingerprint density at radius 3 is 2.95 bits per heavy atom. The molecular formula is C13H19BrN2O3S2. The number of rotatable bonds is 5. The minimum absolute atomic E-state index is 0.245. The van der Waals surface area contributed by atoms with Crippen molar-refractivity contribution in [3.8, 4) is 0 Å². The van der Waals surface area contributed by atoms with E-state index in [1.54, 1.807) is 10.4 Å². The molecule has 21 heavy (non-hydrogen) atoms. The van der Waals surface area contributed by atoms with Gasteiger partial charge in [0.25, 0.3) is 0 Å². The van der Waals surface area contributed by atoms with E-state index in [1.165, 1.54) is 12.8 Å². The lowest BCUT2D eigenvalue weighted by Gasteiger charge is -2.29. The lowest BCUT2D eigenvalue weighted by molar-refractivity contribution is 0.420. The fourth-order valence-corrected chi connectivity index (χ4v) is 6.05. The minimum atomic E-state index is -3.48. The molecule has 1 aliphatic carbocycles. The Labute approximate surface area is 138 Å². The molecule has 3 rings (SSSR count). The smallest absolute Gasteiger partial charge is 0.247 e. The zero-order valence-electron chi connectivity index (χ0n) is 11.8. The maximum absolute atomic E-state index is 12.7. The Morgan fingerprint density at radius 1 is 1.52 bits per heavy atom. The van der Waals surface area contributed by atoms with E-state index in [1.807, 2.05) is 11.8 Å². The van der Waals surface area contributed by atoms with Gasteiger partial charge in [0.1, 0.15) is 10.7 Å². The molecule has 1 aromatic heterocycles. The number of nitrogens with zero attached hydrogens (tertiary/aromatic N) is 1. The third kappa shape index (κ3) is 3.67. The van der Waals surface area contributed by atoms with Crippen molar-refractivity contribution >= 4 is 37.7 Å². The number of nitrogens with one attached hydrogen (secondary N) is 1. The topological polar surface area (TPSA) is 62.6 Å². The third-order valence-electron chi connectivity index (χ3n) is 3.67. The highest BCUT2D eigenvalue weighted by molar-refractivity contribution is 9.10. The fourth-order valence-electron chi connectivity index (χ4n) is 2.34. The largest absolute Gasteiger partial charge is 0.452 e. The number of furan rings is 1. The summed E-state index contributed by atoms with van der Waals surface area (Å²) in [6, 6.07) is 2.20. The van der Waals surface area contributed by atoms with Crippen LogP contribution in [-0.2, 0) is 16.6 Å². The summed E-state index contributed by atoms with van der Waals surface area (Å²) in [6.45, 7) is 3.75. The highest BCUT2D eigenvalue weighted by Crippen LogP contribution is 2.31. The van der Waals surface area contributed by atoms with Gasteiger partial charge in [-0.05, 0) is 28.8 Å². The van der Waals surface area contributed by atoms with E-state index in [0.29, 0.717) is 41.4 Å². The minimum Gasteiger partial charge on any atom is -0.452 e. The van der Waals surface area contributed by atoms with Gasteiger partial charge < -0.3 is 9.73 Å². The molecule has 0 aromatic carbocycles. The van der Waals surface area contributed by atoms with Crippen molar-refractivity contribution in [2.24, 2.45) is 0 Å². The Bertz CT molecular complexity index is 613. The number of halogens is 1. The van der Waals surface area contributed by atoms with Crippen molar-refractivity contribution in [1.82, 2.24) is 9.62 Å². The van der Waals surface area contributed by atoms with Crippen LogP contribution in [0, 0.1) is 0 Å². The van der Waals surface area contributed by atoms with Crippen LogP contribution in [0.25, 0.3) is 0 Å². The van der Waals surface area contributed by atoms with Crippen LogP contribution in [0.3, 0.4) is 0 Å². The molecule has 1 atom stereocenters. The molecule has 2 aliphatic rings. The van der Waals surface area contributed by atoms with Gasteiger partial charge in [-0.1, -0.05) is 6.92 Å². The zero-order valence-corrected chi connectivity index (χ0v) is 15.1.